The van der Waals surface area contributed by atoms with Gasteiger partial charge in [-0.05, 0) is 25.0 Å². The number of hydrogen-bond acceptors (Lipinski definition) is 5. The Morgan fingerprint density at radius 1 is 1.26 bits per heavy atom. The largest absolute Gasteiger partial charge is 0.499 e. The maximum absolute atomic E-state index is 12.4. The van der Waals surface area contributed by atoms with Gasteiger partial charge >= 0.3 is 5.97 Å². The van der Waals surface area contributed by atoms with Crippen molar-refractivity contribution in [3.63, 3.8) is 0 Å². The SMILES string of the molecule is COC(=O)/C=C/OC[C@@H](NS(=O)(=O)c1ccc(C)cc1)C(C)C. The lowest BCUT2D eigenvalue weighted by Crippen LogP contribution is -2.41. The summed E-state index contributed by atoms with van der Waals surface area (Å²) < 4.78 is 37.1. The Bertz CT molecular complexity index is 635. The van der Waals surface area contributed by atoms with Crippen LogP contribution >= 0.6 is 0 Å². The molecule has 0 unspecified atom stereocenters. The van der Waals surface area contributed by atoms with Crippen molar-refractivity contribution in [2.45, 2.75) is 31.7 Å². The van der Waals surface area contributed by atoms with E-state index < -0.39 is 22.0 Å². The molecule has 1 aromatic rings. The number of benzene rings is 1. The summed E-state index contributed by atoms with van der Waals surface area (Å²) in [6.45, 7) is 5.77. The molecule has 0 spiro atoms. The summed E-state index contributed by atoms with van der Waals surface area (Å²) in [6, 6.07) is 6.19. The fourth-order valence-corrected chi connectivity index (χ4v) is 3.05. The first-order valence-electron chi connectivity index (χ1n) is 7.21. The lowest BCUT2D eigenvalue weighted by atomic mass is 10.1. The molecule has 0 radical (unpaired) electrons. The number of sulfonamides is 1. The minimum absolute atomic E-state index is 0.0155. The van der Waals surface area contributed by atoms with E-state index in [9.17, 15) is 13.2 Å². The molecular formula is C16H23NO5S. The van der Waals surface area contributed by atoms with Gasteiger partial charge in [0.1, 0.15) is 6.61 Å². The molecule has 0 bridgehead atoms. The molecule has 1 rings (SSSR count). The van der Waals surface area contributed by atoms with E-state index in [1.165, 1.54) is 13.4 Å². The van der Waals surface area contributed by atoms with Crippen LogP contribution in [0, 0.1) is 12.8 Å². The molecule has 0 aliphatic rings. The highest BCUT2D eigenvalue weighted by Gasteiger charge is 2.22. The summed E-state index contributed by atoms with van der Waals surface area (Å²) in [6.07, 6.45) is 2.33. The van der Waals surface area contributed by atoms with Gasteiger partial charge in [-0.2, -0.15) is 0 Å². The van der Waals surface area contributed by atoms with Crippen molar-refractivity contribution in [3.8, 4) is 0 Å². The third kappa shape index (κ3) is 6.42. The van der Waals surface area contributed by atoms with E-state index in [0.717, 1.165) is 11.6 Å². The molecule has 0 aliphatic carbocycles. The van der Waals surface area contributed by atoms with Gasteiger partial charge in [-0.1, -0.05) is 31.5 Å². The number of esters is 1. The van der Waals surface area contributed by atoms with Crippen LogP contribution in [-0.4, -0.2) is 34.1 Å². The summed E-state index contributed by atoms with van der Waals surface area (Å²) in [5.41, 5.74) is 0.987. The van der Waals surface area contributed by atoms with Gasteiger partial charge < -0.3 is 9.47 Å². The van der Waals surface area contributed by atoms with Crippen LogP contribution in [0.3, 0.4) is 0 Å². The topological polar surface area (TPSA) is 81.7 Å². The molecule has 0 fully saturated rings. The van der Waals surface area contributed by atoms with Gasteiger partial charge in [0.15, 0.2) is 0 Å². The van der Waals surface area contributed by atoms with E-state index in [2.05, 4.69) is 9.46 Å². The average molecular weight is 341 g/mol. The van der Waals surface area contributed by atoms with Crippen molar-refractivity contribution in [2.24, 2.45) is 5.92 Å². The summed E-state index contributed by atoms with van der Waals surface area (Å²) in [4.78, 5) is 11.1. The summed E-state index contributed by atoms with van der Waals surface area (Å²) in [7, 11) is -2.36. The maximum Gasteiger partial charge on any atom is 0.333 e. The zero-order chi connectivity index (χ0) is 17.5. The van der Waals surface area contributed by atoms with Gasteiger partial charge in [0, 0.05) is 0 Å². The second-order valence-electron chi connectivity index (χ2n) is 5.44. The first-order valence-corrected chi connectivity index (χ1v) is 8.69. The fraction of sp³-hybridized carbons (Fsp3) is 0.438. The lowest BCUT2D eigenvalue weighted by molar-refractivity contribution is -0.135. The molecule has 1 atom stereocenters. The van der Waals surface area contributed by atoms with Crippen LogP contribution < -0.4 is 4.72 Å². The summed E-state index contributed by atoms with van der Waals surface area (Å²) in [5, 5.41) is 0. The highest BCUT2D eigenvalue weighted by molar-refractivity contribution is 7.89. The number of methoxy groups -OCH3 is 1. The molecular weight excluding hydrogens is 318 g/mol. The standard InChI is InChI=1S/C16H23NO5S/c1-12(2)15(11-22-10-9-16(18)21-4)17-23(19,20)14-7-5-13(3)6-8-14/h5-10,12,15,17H,11H2,1-4H3/b10-9+/t15-/m1/s1. The molecule has 0 heterocycles. The van der Waals surface area contributed by atoms with E-state index in [4.69, 9.17) is 4.74 Å². The van der Waals surface area contributed by atoms with E-state index in [1.807, 2.05) is 20.8 Å². The van der Waals surface area contributed by atoms with Crippen LogP contribution in [0.2, 0.25) is 0 Å². The van der Waals surface area contributed by atoms with Crippen molar-refractivity contribution in [1.29, 1.82) is 0 Å². The van der Waals surface area contributed by atoms with Gasteiger partial charge in [0.2, 0.25) is 10.0 Å². The van der Waals surface area contributed by atoms with Crippen LogP contribution in [0.5, 0.6) is 0 Å². The first kappa shape index (κ1) is 19.2. The van der Waals surface area contributed by atoms with E-state index in [1.54, 1.807) is 24.3 Å². The maximum atomic E-state index is 12.4. The zero-order valence-corrected chi connectivity index (χ0v) is 14.6. The van der Waals surface area contributed by atoms with Gasteiger partial charge in [-0.3, -0.25) is 0 Å². The minimum atomic E-state index is -3.63. The Morgan fingerprint density at radius 3 is 2.39 bits per heavy atom. The number of aryl methyl sites for hydroxylation is 1. The lowest BCUT2D eigenvalue weighted by Gasteiger charge is -2.21. The van der Waals surface area contributed by atoms with Crippen molar-refractivity contribution in [2.75, 3.05) is 13.7 Å². The molecule has 128 valence electrons. The number of rotatable bonds is 8. The predicted molar refractivity (Wildman–Crippen MR) is 87.2 cm³/mol. The Labute approximate surface area is 137 Å². The van der Waals surface area contributed by atoms with Crippen LogP contribution in [0.15, 0.2) is 41.5 Å². The van der Waals surface area contributed by atoms with E-state index >= 15 is 0 Å². The molecule has 23 heavy (non-hydrogen) atoms. The van der Waals surface area contributed by atoms with Crippen LogP contribution in [0.25, 0.3) is 0 Å². The molecule has 6 nitrogen and oxygen atoms in total. The highest BCUT2D eigenvalue weighted by atomic mass is 32.2. The predicted octanol–water partition coefficient (Wildman–Crippen LogP) is 2.00. The van der Waals surface area contributed by atoms with Gasteiger partial charge in [0.25, 0.3) is 0 Å². The number of carbonyl (C=O) groups is 1. The first-order chi connectivity index (χ1) is 10.8. The Balaban J connectivity index is 2.73. The van der Waals surface area contributed by atoms with Gasteiger partial charge in [-0.25, -0.2) is 17.9 Å². The Kier molecular flexibility index (Phi) is 7.25. The Morgan fingerprint density at radius 2 is 1.87 bits per heavy atom. The average Bonchev–Trinajstić information content (AvgIpc) is 2.50. The quantitative estimate of drug-likeness (QED) is 0.444. The van der Waals surface area contributed by atoms with Crippen molar-refractivity contribution in [1.82, 2.24) is 4.72 Å². The van der Waals surface area contributed by atoms with Gasteiger partial charge in [-0.15, -0.1) is 0 Å². The van der Waals surface area contributed by atoms with Crippen LogP contribution in [0.4, 0.5) is 0 Å². The van der Waals surface area contributed by atoms with Gasteiger partial charge in [0.05, 0.1) is 30.4 Å². The second kappa shape index (κ2) is 8.69. The summed E-state index contributed by atoms with van der Waals surface area (Å²) >= 11 is 0. The van der Waals surface area contributed by atoms with Crippen LogP contribution in [0.1, 0.15) is 19.4 Å². The number of nitrogens with one attached hydrogen (secondary N) is 1. The van der Waals surface area contributed by atoms with Crippen molar-refractivity contribution < 1.29 is 22.7 Å². The normalized spacial score (nSPS) is 13.3. The van der Waals surface area contributed by atoms with E-state index in [0.29, 0.717) is 0 Å². The molecule has 0 saturated heterocycles. The molecule has 1 aromatic carbocycles. The smallest absolute Gasteiger partial charge is 0.333 e. The number of hydrogen-bond donors (Lipinski definition) is 1. The van der Waals surface area contributed by atoms with Crippen LogP contribution in [-0.2, 0) is 24.3 Å². The van der Waals surface area contributed by atoms with E-state index in [-0.39, 0.29) is 17.4 Å². The third-order valence-electron chi connectivity index (χ3n) is 3.22. The molecule has 1 N–H and O–H groups in total. The Hall–Kier alpha value is -1.86. The highest BCUT2D eigenvalue weighted by Crippen LogP contribution is 2.13. The molecule has 0 aliphatic heterocycles. The third-order valence-corrected chi connectivity index (χ3v) is 4.73. The monoisotopic (exact) mass is 341 g/mol. The molecule has 0 amide bonds. The molecule has 0 aromatic heterocycles. The molecule has 0 saturated carbocycles. The fourth-order valence-electron chi connectivity index (χ4n) is 1.68. The van der Waals surface area contributed by atoms with Crippen molar-refractivity contribution in [3.05, 3.63) is 42.2 Å². The van der Waals surface area contributed by atoms with Crippen molar-refractivity contribution >= 4 is 16.0 Å². The second-order valence-corrected chi connectivity index (χ2v) is 7.16. The zero-order valence-electron chi connectivity index (χ0n) is 13.8. The number of carbonyl (C=O) groups excluding carboxylic acids is 1. The molecule has 7 heteroatoms. The minimum Gasteiger partial charge on any atom is -0.499 e. The number of ether oxygens (including phenoxy) is 2. The summed E-state index contributed by atoms with van der Waals surface area (Å²) in [5.74, 6) is -0.520.